The van der Waals surface area contributed by atoms with Gasteiger partial charge in [-0.2, -0.15) is 4.31 Å². The Morgan fingerprint density at radius 1 is 1.00 bits per heavy atom. The Morgan fingerprint density at radius 3 is 2.04 bits per heavy atom. The zero-order valence-electron chi connectivity index (χ0n) is 15.5. The first kappa shape index (κ1) is 20.7. The van der Waals surface area contributed by atoms with Crippen LogP contribution >= 0.6 is 0 Å². The van der Waals surface area contributed by atoms with Gasteiger partial charge in [-0.05, 0) is 61.4 Å². The second-order valence-electron chi connectivity index (χ2n) is 5.99. The van der Waals surface area contributed by atoms with Gasteiger partial charge in [-0.1, -0.05) is 19.8 Å². The normalized spacial score (nSPS) is 11.2. The molecule has 0 aromatic heterocycles. The molecule has 0 saturated heterocycles. The second-order valence-corrected chi connectivity index (χ2v) is 7.92. The van der Waals surface area contributed by atoms with Gasteiger partial charge >= 0.3 is 5.97 Å². The standard InChI is InChI=1S/C21H23NO4S/c1-4-15-22(16-5-2)27(24,25)20-13-9-18(10-14-20)21(23)26-19-11-7-17(6-3)8-12-19/h3,7-14H,4-5,15-16H2,1-2H3. The van der Waals surface area contributed by atoms with Crippen LogP contribution in [0.5, 0.6) is 5.75 Å². The maximum absolute atomic E-state index is 12.7. The molecule has 0 spiro atoms. The van der Waals surface area contributed by atoms with Crippen LogP contribution in [0.25, 0.3) is 0 Å². The first-order valence-electron chi connectivity index (χ1n) is 8.81. The lowest BCUT2D eigenvalue weighted by molar-refractivity contribution is 0.0734. The van der Waals surface area contributed by atoms with Crippen LogP contribution in [0.1, 0.15) is 42.6 Å². The Hall–Kier alpha value is -2.62. The van der Waals surface area contributed by atoms with Gasteiger partial charge in [0.1, 0.15) is 5.75 Å². The van der Waals surface area contributed by atoms with E-state index in [1.807, 2.05) is 13.8 Å². The molecule has 5 nitrogen and oxygen atoms in total. The lowest BCUT2D eigenvalue weighted by atomic mass is 10.2. The highest BCUT2D eigenvalue weighted by molar-refractivity contribution is 7.89. The number of carbonyl (C=O) groups excluding carboxylic acids is 1. The number of benzene rings is 2. The van der Waals surface area contributed by atoms with E-state index in [1.54, 1.807) is 24.3 Å². The molecule has 0 heterocycles. The Balaban J connectivity index is 2.15. The minimum Gasteiger partial charge on any atom is -0.423 e. The molecule has 0 bridgehead atoms. The molecular weight excluding hydrogens is 362 g/mol. The van der Waals surface area contributed by atoms with E-state index in [9.17, 15) is 13.2 Å². The van der Waals surface area contributed by atoms with Crippen molar-refractivity contribution in [1.82, 2.24) is 4.31 Å². The van der Waals surface area contributed by atoms with Crippen LogP contribution in [0.3, 0.4) is 0 Å². The summed E-state index contributed by atoms with van der Waals surface area (Å²) < 4.78 is 32.2. The van der Waals surface area contributed by atoms with Gasteiger partial charge in [-0.3, -0.25) is 0 Å². The van der Waals surface area contributed by atoms with Crippen molar-refractivity contribution in [2.75, 3.05) is 13.1 Å². The lowest BCUT2D eigenvalue weighted by Crippen LogP contribution is -2.32. The molecule has 0 amide bonds. The minimum atomic E-state index is -3.57. The molecule has 27 heavy (non-hydrogen) atoms. The van der Waals surface area contributed by atoms with E-state index in [2.05, 4.69) is 5.92 Å². The number of hydrogen-bond donors (Lipinski definition) is 0. The molecular formula is C21H23NO4S. The molecule has 0 saturated carbocycles. The highest BCUT2D eigenvalue weighted by Crippen LogP contribution is 2.19. The molecule has 0 fully saturated rings. The van der Waals surface area contributed by atoms with Crippen LogP contribution in [0.15, 0.2) is 53.4 Å². The van der Waals surface area contributed by atoms with Crippen molar-refractivity contribution in [2.45, 2.75) is 31.6 Å². The zero-order chi connectivity index (χ0) is 19.9. The number of sulfonamides is 1. The van der Waals surface area contributed by atoms with Gasteiger partial charge in [0.25, 0.3) is 0 Å². The van der Waals surface area contributed by atoms with E-state index >= 15 is 0 Å². The van der Waals surface area contributed by atoms with Crippen molar-refractivity contribution in [1.29, 1.82) is 0 Å². The van der Waals surface area contributed by atoms with Crippen LogP contribution in [0.2, 0.25) is 0 Å². The van der Waals surface area contributed by atoms with E-state index in [-0.39, 0.29) is 10.5 Å². The molecule has 142 valence electrons. The van der Waals surface area contributed by atoms with Crippen molar-refractivity contribution < 1.29 is 17.9 Å². The lowest BCUT2D eigenvalue weighted by Gasteiger charge is -2.21. The number of nitrogens with zero attached hydrogens (tertiary/aromatic N) is 1. The zero-order valence-corrected chi connectivity index (χ0v) is 16.3. The number of ether oxygens (including phenoxy) is 1. The van der Waals surface area contributed by atoms with Crippen molar-refractivity contribution in [2.24, 2.45) is 0 Å². The molecule has 2 rings (SSSR count). The number of hydrogen-bond acceptors (Lipinski definition) is 4. The van der Waals surface area contributed by atoms with Crippen molar-refractivity contribution in [3.05, 3.63) is 59.7 Å². The summed E-state index contributed by atoms with van der Waals surface area (Å²) in [5.74, 6) is 2.29. The van der Waals surface area contributed by atoms with Crippen molar-refractivity contribution in [3.63, 3.8) is 0 Å². The predicted octanol–water partition coefficient (Wildman–Crippen LogP) is 3.70. The maximum atomic E-state index is 12.7. The average molecular weight is 385 g/mol. The van der Waals surface area contributed by atoms with Crippen molar-refractivity contribution >= 4 is 16.0 Å². The van der Waals surface area contributed by atoms with E-state index in [0.717, 1.165) is 12.8 Å². The number of terminal acetylenes is 1. The van der Waals surface area contributed by atoms with Crippen LogP contribution in [0, 0.1) is 12.3 Å². The highest BCUT2D eigenvalue weighted by atomic mass is 32.2. The molecule has 2 aromatic rings. The maximum Gasteiger partial charge on any atom is 0.343 e. The fourth-order valence-corrected chi connectivity index (χ4v) is 4.17. The average Bonchev–Trinajstić information content (AvgIpc) is 2.68. The number of rotatable bonds is 8. The molecule has 0 unspecified atom stereocenters. The van der Waals surface area contributed by atoms with Gasteiger partial charge in [0.15, 0.2) is 0 Å². The molecule has 0 N–H and O–H groups in total. The molecule has 0 aliphatic carbocycles. The molecule has 0 aliphatic heterocycles. The Morgan fingerprint density at radius 2 is 1.56 bits per heavy atom. The first-order chi connectivity index (χ1) is 12.9. The fourth-order valence-electron chi connectivity index (χ4n) is 2.55. The van der Waals surface area contributed by atoms with Crippen LogP contribution in [-0.4, -0.2) is 31.8 Å². The summed E-state index contributed by atoms with van der Waals surface area (Å²) in [5.41, 5.74) is 0.959. The second kappa shape index (κ2) is 9.36. The first-order valence-corrected chi connectivity index (χ1v) is 10.3. The van der Waals surface area contributed by atoms with Gasteiger partial charge in [0.2, 0.25) is 10.0 Å². The van der Waals surface area contributed by atoms with Gasteiger partial charge in [0.05, 0.1) is 10.5 Å². The summed E-state index contributed by atoms with van der Waals surface area (Å²) in [6.07, 6.45) is 6.77. The summed E-state index contributed by atoms with van der Waals surface area (Å²) in [6, 6.07) is 12.4. The molecule has 0 radical (unpaired) electrons. The van der Waals surface area contributed by atoms with Gasteiger partial charge in [-0.15, -0.1) is 6.42 Å². The third-order valence-electron chi connectivity index (χ3n) is 3.91. The summed E-state index contributed by atoms with van der Waals surface area (Å²) >= 11 is 0. The van der Waals surface area contributed by atoms with Crippen molar-refractivity contribution in [3.8, 4) is 18.1 Å². The third kappa shape index (κ3) is 5.19. The molecule has 0 atom stereocenters. The number of esters is 1. The summed E-state index contributed by atoms with van der Waals surface area (Å²) in [7, 11) is -3.57. The summed E-state index contributed by atoms with van der Waals surface area (Å²) in [4.78, 5) is 12.4. The molecule has 2 aromatic carbocycles. The third-order valence-corrected chi connectivity index (χ3v) is 5.82. The number of carbonyl (C=O) groups is 1. The Kier molecular flexibility index (Phi) is 7.17. The van der Waals surface area contributed by atoms with Crippen LogP contribution < -0.4 is 4.74 Å². The van der Waals surface area contributed by atoms with E-state index in [0.29, 0.717) is 24.4 Å². The van der Waals surface area contributed by atoms with Gasteiger partial charge in [-0.25, -0.2) is 13.2 Å². The SMILES string of the molecule is C#Cc1ccc(OC(=O)c2ccc(S(=O)(=O)N(CCC)CCC)cc2)cc1. The van der Waals surface area contributed by atoms with E-state index in [1.165, 1.54) is 28.6 Å². The Labute approximate surface area is 161 Å². The smallest absolute Gasteiger partial charge is 0.343 e. The van der Waals surface area contributed by atoms with Crippen LogP contribution in [-0.2, 0) is 10.0 Å². The van der Waals surface area contributed by atoms with E-state index < -0.39 is 16.0 Å². The molecule has 6 heteroatoms. The summed E-state index contributed by atoms with van der Waals surface area (Å²) in [6.45, 7) is 4.81. The fraction of sp³-hybridized carbons (Fsp3) is 0.286. The van der Waals surface area contributed by atoms with Crippen LogP contribution in [0.4, 0.5) is 0 Å². The largest absolute Gasteiger partial charge is 0.423 e. The monoisotopic (exact) mass is 385 g/mol. The van der Waals surface area contributed by atoms with E-state index in [4.69, 9.17) is 11.2 Å². The topological polar surface area (TPSA) is 63.7 Å². The Bertz CT molecular complexity index is 904. The minimum absolute atomic E-state index is 0.166. The highest BCUT2D eigenvalue weighted by Gasteiger charge is 2.23. The van der Waals surface area contributed by atoms with Gasteiger partial charge in [0, 0.05) is 18.7 Å². The van der Waals surface area contributed by atoms with Gasteiger partial charge < -0.3 is 4.74 Å². The molecule has 0 aliphatic rings. The predicted molar refractivity (Wildman–Crippen MR) is 105 cm³/mol. The quantitative estimate of drug-likeness (QED) is 0.395. The summed E-state index contributed by atoms with van der Waals surface area (Å²) in [5, 5.41) is 0.